The third-order valence-corrected chi connectivity index (χ3v) is 3.67. The van der Waals surface area contributed by atoms with Gasteiger partial charge < -0.3 is 25.6 Å². The quantitative estimate of drug-likeness (QED) is 0.202. The molecule has 29 heavy (non-hydrogen) atoms. The smallest absolute Gasteiger partial charge is 0.407 e. The Morgan fingerprint density at radius 1 is 1.07 bits per heavy atom. The maximum absolute atomic E-state index is 11.6. The second-order valence-electron chi connectivity index (χ2n) is 7.91. The molecule has 0 bridgehead atoms. The molecule has 0 aliphatic carbocycles. The summed E-state index contributed by atoms with van der Waals surface area (Å²) in [6.07, 6.45) is 0.395. The highest BCUT2D eigenvalue weighted by molar-refractivity contribution is 14.0. The lowest BCUT2D eigenvalue weighted by Crippen LogP contribution is -2.39. The molecule has 0 spiro atoms. The van der Waals surface area contributed by atoms with Crippen LogP contribution >= 0.6 is 24.0 Å². The van der Waals surface area contributed by atoms with Crippen LogP contribution in [0.2, 0.25) is 0 Å². The molecule has 7 nitrogen and oxygen atoms in total. The van der Waals surface area contributed by atoms with Crippen molar-refractivity contribution in [3.63, 3.8) is 0 Å². The van der Waals surface area contributed by atoms with Gasteiger partial charge in [-0.1, -0.05) is 24.3 Å². The van der Waals surface area contributed by atoms with Gasteiger partial charge in [0.05, 0.1) is 6.54 Å². The summed E-state index contributed by atoms with van der Waals surface area (Å²) < 4.78 is 5.22. The van der Waals surface area contributed by atoms with E-state index in [1.165, 1.54) is 11.1 Å². The number of nitrogens with one attached hydrogen (secondary N) is 3. The highest BCUT2D eigenvalue weighted by Gasteiger charge is 2.15. The minimum Gasteiger partial charge on any atom is -0.444 e. The molecular formula is C21H38IN5O2. The Kier molecular flexibility index (Phi) is 13.7. The third kappa shape index (κ3) is 13.3. The summed E-state index contributed by atoms with van der Waals surface area (Å²) in [5, 5.41) is 9.33. The average Bonchev–Trinajstić information content (AvgIpc) is 2.58. The van der Waals surface area contributed by atoms with Crippen LogP contribution in [0.5, 0.6) is 0 Å². The monoisotopic (exact) mass is 519 g/mol. The molecule has 0 saturated heterocycles. The molecule has 0 radical (unpaired) electrons. The average molecular weight is 519 g/mol. The molecule has 1 amide bonds. The minimum absolute atomic E-state index is 0. The Morgan fingerprint density at radius 3 is 2.28 bits per heavy atom. The first-order chi connectivity index (χ1) is 13.2. The van der Waals surface area contributed by atoms with Gasteiger partial charge in [-0.3, -0.25) is 0 Å². The molecule has 3 N–H and O–H groups in total. The number of carbonyl (C=O) groups is 1. The van der Waals surface area contributed by atoms with Crippen molar-refractivity contribution in [3.05, 3.63) is 35.4 Å². The van der Waals surface area contributed by atoms with Crippen molar-refractivity contribution in [3.8, 4) is 0 Å². The van der Waals surface area contributed by atoms with E-state index in [0.717, 1.165) is 25.5 Å². The Morgan fingerprint density at radius 2 is 1.69 bits per heavy atom. The Balaban J connectivity index is 0.00000784. The first kappa shape index (κ1) is 27.5. The lowest BCUT2D eigenvalue weighted by molar-refractivity contribution is 0.0527. The van der Waals surface area contributed by atoms with Crippen molar-refractivity contribution in [2.45, 2.75) is 52.8 Å². The lowest BCUT2D eigenvalue weighted by atomic mass is 10.1. The van der Waals surface area contributed by atoms with E-state index in [0.29, 0.717) is 19.6 Å². The predicted molar refractivity (Wildman–Crippen MR) is 131 cm³/mol. The fraction of sp³-hybridized carbons (Fsp3) is 0.619. The highest BCUT2D eigenvalue weighted by atomic mass is 127. The first-order valence-corrected chi connectivity index (χ1v) is 9.92. The second-order valence-corrected chi connectivity index (χ2v) is 7.91. The number of amides is 1. The fourth-order valence-electron chi connectivity index (χ4n) is 2.51. The van der Waals surface area contributed by atoms with Crippen LogP contribution in [0.4, 0.5) is 4.79 Å². The van der Waals surface area contributed by atoms with Gasteiger partial charge in [-0.25, -0.2) is 9.79 Å². The summed E-state index contributed by atoms with van der Waals surface area (Å²) >= 11 is 0. The molecule has 0 heterocycles. The molecule has 8 heteroatoms. The lowest BCUT2D eigenvalue weighted by Gasteiger charge is -2.19. The number of carbonyl (C=O) groups excluding carboxylic acids is 1. The highest BCUT2D eigenvalue weighted by Crippen LogP contribution is 2.11. The number of guanidine groups is 1. The number of rotatable bonds is 9. The number of hydrogen-bond donors (Lipinski definition) is 3. The van der Waals surface area contributed by atoms with Gasteiger partial charge in [-0.15, -0.1) is 24.0 Å². The van der Waals surface area contributed by atoms with Gasteiger partial charge in [0.15, 0.2) is 5.96 Å². The summed E-state index contributed by atoms with van der Waals surface area (Å²) in [5.74, 6) is 0.777. The SMILES string of the molecule is CCNC(=NCc1ccccc1CN(C)C)NCCCNC(=O)OC(C)(C)C.I. The van der Waals surface area contributed by atoms with Crippen LogP contribution in [0, 0.1) is 0 Å². The van der Waals surface area contributed by atoms with Gasteiger partial charge in [0.25, 0.3) is 0 Å². The zero-order chi connectivity index (χ0) is 21.0. The maximum atomic E-state index is 11.6. The van der Waals surface area contributed by atoms with E-state index in [1.807, 2.05) is 33.8 Å². The molecule has 0 aromatic heterocycles. The van der Waals surface area contributed by atoms with Crippen molar-refractivity contribution in [2.24, 2.45) is 4.99 Å². The Labute approximate surface area is 193 Å². The molecular weight excluding hydrogens is 481 g/mol. The summed E-state index contributed by atoms with van der Waals surface area (Å²) in [7, 11) is 4.13. The molecule has 0 unspecified atom stereocenters. The van der Waals surface area contributed by atoms with E-state index >= 15 is 0 Å². The van der Waals surface area contributed by atoms with E-state index in [1.54, 1.807) is 0 Å². The molecule has 1 rings (SSSR count). The summed E-state index contributed by atoms with van der Waals surface area (Å²) in [5.41, 5.74) is 2.03. The molecule has 0 saturated carbocycles. The van der Waals surface area contributed by atoms with Crippen molar-refractivity contribution in [2.75, 3.05) is 33.7 Å². The Bertz CT molecular complexity index is 630. The normalized spacial score (nSPS) is 11.6. The topological polar surface area (TPSA) is 78.0 Å². The van der Waals surface area contributed by atoms with Crippen molar-refractivity contribution in [1.82, 2.24) is 20.9 Å². The third-order valence-electron chi connectivity index (χ3n) is 3.67. The summed E-state index contributed by atoms with van der Waals surface area (Å²) in [4.78, 5) is 18.5. The van der Waals surface area contributed by atoms with Gasteiger partial charge in [0.1, 0.15) is 5.60 Å². The standard InChI is InChI=1S/C21H37N5O2.HI/c1-7-22-19(23-13-10-14-24-20(27)28-21(2,3)4)25-15-17-11-8-9-12-18(17)16-26(5)6;/h8-9,11-12H,7,10,13-16H2,1-6H3,(H,24,27)(H2,22,23,25);1H. The zero-order valence-corrected chi connectivity index (χ0v) is 21.0. The van der Waals surface area contributed by atoms with E-state index in [9.17, 15) is 4.79 Å². The number of aliphatic imine (C=N–C) groups is 1. The minimum atomic E-state index is -0.476. The van der Waals surface area contributed by atoms with Gasteiger partial charge in [-0.2, -0.15) is 0 Å². The number of ether oxygens (including phenoxy) is 1. The van der Waals surface area contributed by atoms with Crippen molar-refractivity contribution >= 4 is 36.0 Å². The second kappa shape index (κ2) is 14.4. The van der Waals surface area contributed by atoms with Crippen LogP contribution in [0.25, 0.3) is 0 Å². The molecule has 0 fully saturated rings. The van der Waals surface area contributed by atoms with Gasteiger partial charge in [0.2, 0.25) is 0 Å². The molecule has 0 aliphatic rings. The number of alkyl carbamates (subject to hydrolysis) is 1. The van der Waals surface area contributed by atoms with Crippen LogP contribution in [0.3, 0.4) is 0 Å². The largest absolute Gasteiger partial charge is 0.444 e. The molecule has 0 aliphatic heterocycles. The zero-order valence-electron chi connectivity index (χ0n) is 18.7. The van der Waals surface area contributed by atoms with E-state index in [-0.39, 0.29) is 30.1 Å². The van der Waals surface area contributed by atoms with Crippen LogP contribution < -0.4 is 16.0 Å². The number of benzene rings is 1. The molecule has 166 valence electrons. The maximum Gasteiger partial charge on any atom is 0.407 e. The number of nitrogens with zero attached hydrogens (tertiary/aromatic N) is 2. The van der Waals surface area contributed by atoms with E-state index < -0.39 is 5.60 Å². The fourth-order valence-corrected chi connectivity index (χ4v) is 2.51. The molecule has 1 aromatic rings. The Hall–Kier alpha value is -1.55. The first-order valence-electron chi connectivity index (χ1n) is 9.92. The van der Waals surface area contributed by atoms with Crippen molar-refractivity contribution < 1.29 is 9.53 Å². The van der Waals surface area contributed by atoms with E-state index in [4.69, 9.17) is 9.73 Å². The van der Waals surface area contributed by atoms with Gasteiger partial charge in [-0.05, 0) is 59.3 Å². The number of halogens is 1. The van der Waals surface area contributed by atoms with Gasteiger partial charge in [0, 0.05) is 26.2 Å². The van der Waals surface area contributed by atoms with Crippen LogP contribution in [0.1, 0.15) is 45.2 Å². The number of hydrogen-bond acceptors (Lipinski definition) is 4. The summed E-state index contributed by atoms with van der Waals surface area (Å²) in [6.45, 7) is 11.2. The van der Waals surface area contributed by atoms with Crippen molar-refractivity contribution in [1.29, 1.82) is 0 Å². The molecule has 1 aromatic carbocycles. The predicted octanol–water partition coefficient (Wildman–Crippen LogP) is 3.34. The molecule has 0 atom stereocenters. The van der Waals surface area contributed by atoms with Gasteiger partial charge >= 0.3 is 6.09 Å². The summed E-state index contributed by atoms with van der Waals surface area (Å²) in [6, 6.07) is 8.38. The van der Waals surface area contributed by atoms with Crippen LogP contribution in [-0.4, -0.2) is 56.3 Å². The van der Waals surface area contributed by atoms with Crippen LogP contribution in [-0.2, 0) is 17.8 Å². The van der Waals surface area contributed by atoms with Crippen LogP contribution in [0.15, 0.2) is 29.3 Å². The van der Waals surface area contributed by atoms with E-state index in [2.05, 4.69) is 53.1 Å².